The van der Waals surface area contributed by atoms with Crippen molar-refractivity contribution < 1.29 is 14.3 Å². The van der Waals surface area contributed by atoms with Gasteiger partial charge in [0, 0.05) is 18.8 Å². The molecule has 0 aromatic heterocycles. The molecule has 0 atom stereocenters. The number of piperidine rings is 1. The van der Waals surface area contributed by atoms with E-state index in [0.29, 0.717) is 18.2 Å². The van der Waals surface area contributed by atoms with Gasteiger partial charge in [0.1, 0.15) is 18.8 Å². The largest absolute Gasteiger partial charge is 0.489 e. The molecule has 0 spiro atoms. The quantitative estimate of drug-likeness (QED) is 0.790. The maximum absolute atomic E-state index is 12.2. The summed E-state index contributed by atoms with van der Waals surface area (Å²) in [5.74, 6) is 1.01. The Morgan fingerprint density at radius 2 is 1.70 bits per heavy atom. The third-order valence-corrected chi connectivity index (χ3v) is 4.83. The average Bonchev–Trinajstić information content (AvgIpc) is 2.68. The first-order valence-electron chi connectivity index (χ1n) is 9.44. The lowest BCUT2D eigenvalue weighted by Gasteiger charge is -2.30. The van der Waals surface area contributed by atoms with Crippen LogP contribution in [0.1, 0.15) is 31.7 Å². The smallest absolute Gasteiger partial charge is 0.233 e. The summed E-state index contributed by atoms with van der Waals surface area (Å²) in [5, 5.41) is 2.78. The van der Waals surface area contributed by atoms with Crippen LogP contribution in [-0.2, 0) is 16.2 Å². The maximum atomic E-state index is 12.2. The van der Waals surface area contributed by atoms with Gasteiger partial charge in [-0.25, -0.2) is 0 Å². The Labute approximate surface area is 160 Å². The predicted octanol–water partition coefficient (Wildman–Crippen LogP) is 3.85. The number of nitrogens with zero attached hydrogens (tertiary/aromatic N) is 1. The Morgan fingerprint density at radius 3 is 2.37 bits per heavy atom. The number of ether oxygens (including phenoxy) is 1. The lowest BCUT2D eigenvalue weighted by atomic mass is 9.99. The molecule has 3 rings (SSSR count). The third-order valence-electron chi connectivity index (χ3n) is 4.83. The van der Waals surface area contributed by atoms with Crippen LogP contribution in [0.5, 0.6) is 5.75 Å². The van der Waals surface area contributed by atoms with Gasteiger partial charge in [0.05, 0.1) is 0 Å². The van der Waals surface area contributed by atoms with Crippen LogP contribution in [0.4, 0.5) is 5.69 Å². The molecule has 5 nitrogen and oxygen atoms in total. The zero-order valence-corrected chi connectivity index (χ0v) is 15.7. The van der Waals surface area contributed by atoms with E-state index in [1.165, 1.54) is 0 Å². The topological polar surface area (TPSA) is 58.6 Å². The van der Waals surface area contributed by atoms with Crippen LogP contribution in [-0.4, -0.2) is 29.8 Å². The number of hydrogen-bond donors (Lipinski definition) is 1. The van der Waals surface area contributed by atoms with E-state index in [-0.39, 0.29) is 18.2 Å². The van der Waals surface area contributed by atoms with Crippen LogP contribution in [0.2, 0.25) is 0 Å². The summed E-state index contributed by atoms with van der Waals surface area (Å²) in [7, 11) is 0. The number of nitrogens with one attached hydrogen (secondary N) is 1. The van der Waals surface area contributed by atoms with E-state index in [9.17, 15) is 9.59 Å². The lowest BCUT2D eigenvalue weighted by molar-refractivity contribution is -0.135. The highest BCUT2D eigenvalue weighted by Crippen LogP contribution is 2.19. The first kappa shape index (κ1) is 19.0. The zero-order valence-electron chi connectivity index (χ0n) is 15.7. The zero-order chi connectivity index (χ0) is 19.1. The van der Waals surface area contributed by atoms with Crippen molar-refractivity contribution in [2.24, 2.45) is 5.92 Å². The maximum Gasteiger partial charge on any atom is 0.233 e. The highest BCUT2D eigenvalue weighted by molar-refractivity contribution is 6.03. The molecule has 1 N–H and O–H groups in total. The molecule has 5 heteroatoms. The SMILES string of the molecule is CC1CCN(C(=O)CC(=O)Nc2ccc(OCc3ccccc3)cc2)CC1. The van der Waals surface area contributed by atoms with Gasteiger partial charge in [-0.1, -0.05) is 37.3 Å². The van der Waals surface area contributed by atoms with Crippen molar-refractivity contribution in [1.82, 2.24) is 4.90 Å². The van der Waals surface area contributed by atoms with Crippen molar-refractivity contribution in [3.05, 3.63) is 60.2 Å². The Bertz CT molecular complexity index is 751. The summed E-state index contributed by atoms with van der Waals surface area (Å²) in [6, 6.07) is 17.1. The minimum atomic E-state index is -0.281. The van der Waals surface area contributed by atoms with Crippen molar-refractivity contribution in [3.8, 4) is 5.75 Å². The van der Waals surface area contributed by atoms with Crippen LogP contribution in [0.25, 0.3) is 0 Å². The van der Waals surface area contributed by atoms with Crippen LogP contribution in [0.15, 0.2) is 54.6 Å². The molecule has 1 aliphatic heterocycles. The molecule has 1 fully saturated rings. The standard InChI is InChI=1S/C22H26N2O3/c1-17-11-13-24(14-12-17)22(26)15-21(25)23-19-7-9-20(10-8-19)27-16-18-5-3-2-4-6-18/h2-10,17H,11-16H2,1H3,(H,23,25). The van der Waals surface area contributed by atoms with E-state index < -0.39 is 0 Å². The fourth-order valence-electron chi connectivity index (χ4n) is 3.09. The molecule has 0 aliphatic carbocycles. The fraction of sp³-hybridized carbons (Fsp3) is 0.364. The molecule has 0 bridgehead atoms. The molecular weight excluding hydrogens is 340 g/mol. The highest BCUT2D eigenvalue weighted by atomic mass is 16.5. The number of amides is 2. The van der Waals surface area contributed by atoms with Crippen molar-refractivity contribution in [2.45, 2.75) is 32.8 Å². The molecule has 2 aromatic carbocycles. The predicted molar refractivity (Wildman–Crippen MR) is 105 cm³/mol. The van der Waals surface area contributed by atoms with Gasteiger partial charge >= 0.3 is 0 Å². The average molecular weight is 366 g/mol. The van der Waals surface area contributed by atoms with Crippen LogP contribution >= 0.6 is 0 Å². The van der Waals surface area contributed by atoms with E-state index in [0.717, 1.165) is 37.2 Å². The molecule has 0 saturated carbocycles. The normalized spacial score (nSPS) is 14.6. The van der Waals surface area contributed by atoms with Crippen LogP contribution in [0.3, 0.4) is 0 Å². The minimum Gasteiger partial charge on any atom is -0.489 e. The lowest BCUT2D eigenvalue weighted by Crippen LogP contribution is -2.39. The van der Waals surface area contributed by atoms with E-state index >= 15 is 0 Å². The van der Waals surface area contributed by atoms with Gasteiger partial charge in [-0.3, -0.25) is 9.59 Å². The van der Waals surface area contributed by atoms with E-state index in [4.69, 9.17) is 4.74 Å². The van der Waals surface area contributed by atoms with Gasteiger partial charge in [0.2, 0.25) is 11.8 Å². The summed E-state index contributed by atoms with van der Waals surface area (Å²) in [5.41, 5.74) is 1.76. The summed E-state index contributed by atoms with van der Waals surface area (Å²) in [6.07, 6.45) is 1.91. The van der Waals surface area contributed by atoms with Crippen LogP contribution < -0.4 is 10.1 Å². The molecule has 0 unspecified atom stereocenters. The number of rotatable bonds is 6. The summed E-state index contributed by atoms with van der Waals surface area (Å²) >= 11 is 0. The molecule has 27 heavy (non-hydrogen) atoms. The van der Waals surface area contributed by atoms with Crippen molar-refractivity contribution >= 4 is 17.5 Å². The Kier molecular flexibility index (Phi) is 6.47. The number of hydrogen-bond acceptors (Lipinski definition) is 3. The van der Waals surface area contributed by atoms with E-state index in [1.54, 1.807) is 17.0 Å². The van der Waals surface area contributed by atoms with Crippen molar-refractivity contribution in [2.75, 3.05) is 18.4 Å². The number of benzene rings is 2. The Morgan fingerprint density at radius 1 is 1.04 bits per heavy atom. The molecule has 0 radical (unpaired) electrons. The van der Waals surface area contributed by atoms with Gasteiger partial charge < -0.3 is 15.0 Å². The summed E-state index contributed by atoms with van der Waals surface area (Å²) < 4.78 is 5.73. The Balaban J connectivity index is 1.44. The first-order valence-corrected chi connectivity index (χ1v) is 9.44. The van der Waals surface area contributed by atoms with Gasteiger partial charge in [-0.15, -0.1) is 0 Å². The van der Waals surface area contributed by atoms with E-state index in [1.807, 2.05) is 42.5 Å². The Hall–Kier alpha value is -2.82. The molecule has 1 heterocycles. The number of anilines is 1. The third kappa shape index (κ3) is 5.84. The van der Waals surface area contributed by atoms with Gasteiger partial charge in [-0.2, -0.15) is 0 Å². The molecule has 2 amide bonds. The monoisotopic (exact) mass is 366 g/mol. The molecule has 1 aliphatic rings. The second kappa shape index (κ2) is 9.21. The number of likely N-dealkylation sites (tertiary alicyclic amines) is 1. The number of carbonyl (C=O) groups is 2. The molecule has 142 valence electrons. The van der Waals surface area contributed by atoms with E-state index in [2.05, 4.69) is 12.2 Å². The summed E-state index contributed by atoms with van der Waals surface area (Å²) in [6.45, 7) is 4.19. The second-order valence-electron chi connectivity index (χ2n) is 7.09. The highest BCUT2D eigenvalue weighted by Gasteiger charge is 2.22. The molecular formula is C22H26N2O3. The van der Waals surface area contributed by atoms with Gasteiger partial charge in [-0.05, 0) is 48.6 Å². The van der Waals surface area contributed by atoms with Gasteiger partial charge in [0.15, 0.2) is 0 Å². The second-order valence-corrected chi connectivity index (χ2v) is 7.09. The van der Waals surface area contributed by atoms with Crippen molar-refractivity contribution in [3.63, 3.8) is 0 Å². The minimum absolute atomic E-state index is 0.0952. The summed E-state index contributed by atoms with van der Waals surface area (Å²) in [4.78, 5) is 26.2. The van der Waals surface area contributed by atoms with Gasteiger partial charge in [0.25, 0.3) is 0 Å². The fourth-order valence-corrected chi connectivity index (χ4v) is 3.09. The van der Waals surface area contributed by atoms with Crippen molar-refractivity contribution in [1.29, 1.82) is 0 Å². The van der Waals surface area contributed by atoms with Crippen LogP contribution in [0, 0.1) is 5.92 Å². The number of carbonyl (C=O) groups excluding carboxylic acids is 2. The first-order chi connectivity index (χ1) is 13.1. The molecule has 2 aromatic rings. The molecule has 1 saturated heterocycles.